The van der Waals surface area contributed by atoms with Gasteiger partial charge in [-0.3, -0.25) is 4.99 Å². The molecule has 1 aliphatic heterocycles. The molecule has 0 spiro atoms. The third-order valence-corrected chi connectivity index (χ3v) is 4.99. The second-order valence-corrected chi connectivity index (χ2v) is 8.15. The number of ether oxygens (including phenoxy) is 1. The maximum atomic E-state index is 9.38. The molecule has 0 radical (unpaired) electrons. The average molecular weight is 362 g/mol. The second kappa shape index (κ2) is 9.93. The summed E-state index contributed by atoms with van der Waals surface area (Å²) < 4.78 is 5.57. The molecule has 0 amide bonds. The van der Waals surface area contributed by atoms with E-state index in [1.165, 1.54) is 5.56 Å². The van der Waals surface area contributed by atoms with Crippen molar-refractivity contribution in [1.82, 2.24) is 10.6 Å². The van der Waals surface area contributed by atoms with Crippen molar-refractivity contribution in [3.63, 3.8) is 0 Å². The van der Waals surface area contributed by atoms with Gasteiger partial charge in [0.2, 0.25) is 0 Å². The Morgan fingerprint density at radius 3 is 2.65 bits per heavy atom. The molecule has 1 heterocycles. The van der Waals surface area contributed by atoms with Crippen LogP contribution in [-0.4, -0.2) is 50.5 Å². The fourth-order valence-electron chi connectivity index (χ4n) is 3.42. The van der Waals surface area contributed by atoms with Crippen molar-refractivity contribution >= 4 is 5.96 Å². The van der Waals surface area contributed by atoms with Crippen LogP contribution in [0.5, 0.6) is 0 Å². The Bertz CT molecular complexity index is 552. The Morgan fingerprint density at radius 2 is 2.04 bits per heavy atom. The lowest BCUT2D eigenvalue weighted by molar-refractivity contribution is 0.127. The predicted molar refractivity (Wildman–Crippen MR) is 107 cm³/mol. The summed E-state index contributed by atoms with van der Waals surface area (Å²) in [7, 11) is 0. The molecule has 0 aliphatic carbocycles. The van der Waals surface area contributed by atoms with Crippen LogP contribution < -0.4 is 10.6 Å². The quantitative estimate of drug-likeness (QED) is 0.467. The van der Waals surface area contributed by atoms with Crippen molar-refractivity contribution in [2.24, 2.45) is 15.8 Å². The van der Waals surface area contributed by atoms with Crippen molar-refractivity contribution in [1.29, 1.82) is 0 Å². The molecule has 1 aromatic rings. The smallest absolute Gasteiger partial charge is 0.191 e. The van der Waals surface area contributed by atoms with E-state index in [2.05, 4.69) is 61.7 Å². The van der Waals surface area contributed by atoms with Gasteiger partial charge in [0.1, 0.15) is 0 Å². The van der Waals surface area contributed by atoms with Gasteiger partial charge < -0.3 is 20.5 Å². The van der Waals surface area contributed by atoms with Crippen molar-refractivity contribution in [2.75, 3.05) is 39.5 Å². The lowest BCUT2D eigenvalue weighted by Gasteiger charge is -2.28. The number of aliphatic imine (C=N–C) groups is 1. The van der Waals surface area contributed by atoms with Crippen LogP contribution in [0, 0.1) is 10.8 Å². The number of nitrogens with zero attached hydrogens (tertiary/aromatic N) is 1. The van der Waals surface area contributed by atoms with Crippen LogP contribution in [0.25, 0.3) is 0 Å². The highest BCUT2D eigenvalue weighted by molar-refractivity contribution is 5.79. The van der Waals surface area contributed by atoms with Crippen molar-refractivity contribution in [3.8, 4) is 0 Å². The third-order valence-electron chi connectivity index (χ3n) is 4.99. The van der Waals surface area contributed by atoms with Crippen LogP contribution in [0.15, 0.2) is 35.3 Å². The topological polar surface area (TPSA) is 65.9 Å². The molecule has 0 saturated carbocycles. The minimum absolute atomic E-state index is 0.0184. The molecule has 26 heavy (non-hydrogen) atoms. The highest BCUT2D eigenvalue weighted by Crippen LogP contribution is 2.31. The standard InChI is InChI=1S/C21H35N3O2/c1-4-22-19(24-16-21(10-12-25)11-13-26-17-21)23-15-20(2,3)14-18-8-6-5-7-9-18/h5-9,25H,4,10-17H2,1-3H3,(H2,22,23,24). The molecular formula is C21H35N3O2. The Balaban J connectivity index is 1.94. The Labute approximate surface area is 158 Å². The van der Waals surface area contributed by atoms with Crippen LogP contribution in [0.1, 0.15) is 39.2 Å². The summed E-state index contributed by atoms with van der Waals surface area (Å²) in [4.78, 5) is 4.82. The fraction of sp³-hybridized carbons (Fsp3) is 0.667. The number of guanidine groups is 1. The number of hydrogen-bond donors (Lipinski definition) is 3. The van der Waals surface area contributed by atoms with Gasteiger partial charge in [-0.15, -0.1) is 0 Å². The van der Waals surface area contributed by atoms with Gasteiger partial charge in [-0.1, -0.05) is 44.2 Å². The van der Waals surface area contributed by atoms with Crippen molar-refractivity contribution in [2.45, 2.75) is 40.0 Å². The summed E-state index contributed by atoms with van der Waals surface area (Å²) >= 11 is 0. The Kier molecular flexibility index (Phi) is 7.91. The van der Waals surface area contributed by atoms with Crippen molar-refractivity contribution in [3.05, 3.63) is 35.9 Å². The van der Waals surface area contributed by atoms with Gasteiger partial charge in [0.25, 0.3) is 0 Å². The minimum Gasteiger partial charge on any atom is -0.396 e. The average Bonchev–Trinajstić information content (AvgIpc) is 3.07. The molecule has 1 unspecified atom stereocenters. The second-order valence-electron chi connectivity index (χ2n) is 8.15. The maximum absolute atomic E-state index is 9.38. The first kappa shape index (κ1) is 20.7. The summed E-state index contributed by atoms with van der Waals surface area (Å²) in [6.07, 6.45) is 2.75. The largest absolute Gasteiger partial charge is 0.396 e. The van der Waals surface area contributed by atoms with E-state index in [-0.39, 0.29) is 17.4 Å². The molecule has 1 saturated heterocycles. The first-order valence-electron chi connectivity index (χ1n) is 9.73. The molecule has 0 aromatic heterocycles. The van der Waals surface area contributed by atoms with Gasteiger partial charge in [-0.05, 0) is 37.2 Å². The number of nitrogens with one attached hydrogen (secondary N) is 2. The molecule has 0 bridgehead atoms. The van der Waals surface area contributed by atoms with E-state index in [9.17, 15) is 5.11 Å². The molecule has 2 rings (SSSR count). The van der Waals surface area contributed by atoms with E-state index in [0.29, 0.717) is 6.61 Å². The summed E-state index contributed by atoms with van der Waals surface area (Å²) in [6, 6.07) is 10.6. The van der Waals surface area contributed by atoms with Crippen LogP contribution in [0.3, 0.4) is 0 Å². The maximum Gasteiger partial charge on any atom is 0.191 e. The van der Waals surface area contributed by atoms with Crippen molar-refractivity contribution < 1.29 is 9.84 Å². The highest BCUT2D eigenvalue weighted by Gasteiger charge is 2.34. The molecule has 146 valence electrons. The molecule has 3 N–H and O–H groups in total. The molecule has 1 fully saturated rings. The zero-order valence-corrected chi connectivity index (χ0v) is 16.6. The first-order chi connectivity index (χ1) is 12.5. The Hall–Kier alpha value is -1.59. The predicted octanol–water partition coefficient (Wildman–Crippen LogP) is 2.60. The van der Waals surface area contributed by atoms with Crippen LogP contribution in [0.2, 0.25) is 0 Å². The number of aliphatic hydroxyl groups excluding tert-OH is 1. The molecule has 1 aliphatic rings. The van der Waals surface area contributed by atoms with Gasteiger partial charge in [0, 0.05) is 38.3 Å². The molecular weight excluding hydrogens is 326 g/mol. The first-order valence-corrected chi connectivity index (χ1v) is 9.73. The zero-order chi connectivity index (χ0) is 18.9. The van der Waals surface area contributed by atoms with E-state index in [0.717, 1.165) is 51.5 Å². The number of rotatable bonds is 9. The molecule has 5 nitrogen and oxygen atoms in total. The lowest BCUT2D eigenvalue weighted by Crippen LogP contribution is -2.45. The van der Waals surface area contributed by atoms with Crippen LogP contribution >= 0.6 is 0 Å². The van der Waals surface area contributed by atoms with E-state index in [1.54, 1.807) is 0 Å². The number of hydrogen-bond acceptors (Lipinski definition) is 3. The SMILES string of the molecule is CCNC(=NCC(C)(C)Cc1ccccc1)NCC1(CCO)CCOC1. The summed E-state index contributed by atoms with van der Waals surface area (Å²) in [5, 5.41) is 16.2. The third kappa shape index (κ3) is 6.61. The Morgan fingerprint density at radius 1 is 1.27 bits per heavy atom. The molecule has 1 atom stereocenters. The van der Waals surface area contributed by atoms with E-state index in [4.69, 9.17) is 9.73 Å². The van der Waals surface area contributed by atoms with E-state index < -0.39 is 0 Å². The summed E-state index contributed by atoms with van der Waals surface area (Å²) in [5.41, 5.74) is 1.45. The van der Waals surface area contributed by atoms with Gasteiger partial charge in [0.05, 0.1) is 6.61 Å². The monoisotopic (exact) mass is 361 g/mol. The van der Waals surface area contributed by atoms with Gasteiger partial charge in [-0.25, -0.2) is 0 Å². The summed E-state index contributed by atoms with van der Waals surface area (Å²) in [5.74, 6) is 0.845. The normalized spacial score (nSPS) is 21.0. The highest BCUT2D eigenvalue weighted by atomic mass is 16.5. The zero-order valence-electron chi connectivity index (χ0n) is 16.6. The van der Waals surface area contributed by atoms with Crippen LogP contribution in [-0.2, 0) is 11.2 Å². The van der Waals surface area contributed by atoms with Gasteiger partial charge in [-0.2, -0.15) is 0 Å². The lowest BCUT2D eigenvalue weighted by atomic mass is 9.84. The summed E-state index contributed by atoms with van der Waals surface area (Å²) in [6.45, 7) is 10.6. The van der Waals surface area contributed by atoms with E-state index >= 15 is 0 Å². The molecule has 1 aromatic carbocycles. The molecule has 5 heteroatoms. The van der Waals surface area contributed by atoms with Gasteiger partial charge in [0.15, 0.2) is 5.96 Å². The van der Waals surface area contributed by atoms with Gasteiger partial charge >= 0.3 is 0 Å². The number of benzene rings is 1. The minimum atomic E-state index is 0.0184. The fourth-order valence-corrected chi connectivity index (χ4v) is 3.42. The number of aliphatic hydroxyl groups is 1. The van der Waals surface area contributed by atoms with Crippen LogP contribution in [0.4, 0.5) is 0 Å². The van der Waals surface area contributed by atoms with E-state index in [1.807, 2.05) is 0 Å².